The zero-order valence-corrected chi connectivity index (χ0v) is 22.2. The summed E-state index contributed by atoms with van der Waals surface area (Å²) in [5, 5.41) is 21.6. The fourth-order valence-electron chi connectivity index (χ4n) is 2.88. The Morgan fingerprint density at radius 1 is 1.24 bits per heavy atom. The first-order chi connectivity index (χ1) is 15.7. The Hall–Kier alpha value is -2.07. The van der Waals surface area contributed by atoms with Gasteiger partial charge in [-0.2, -0.15) is 0 Å². The van der Waals surface area contributed by atoms with Crippen LogP contribution in [-0.4, -0.2) is 60.0 Å². The summed E-state index contributed by atoms with van der Waals surface area (Å²) in [4.78, 5) is 12.5. The van der Waals surface area contributed by atoms with Crippen LogP contribution in [0.15, 0.2) is 18.7 Å². The lowest BCUT2D eigenvalue weighted by Gasteiger charge is -2.29. The highest BCUT2D eigenvalue weighted by Gasteiger charge is 2.34. The van der Waals surface area contributed by atoms with E-state index in [2.05, 4.69) is 11.9 Å². The third-order valence-corrected chi connectivity index (χ3v) is 4.80. The van der Waals surface area contributed by atoms with E-state index in [0.29, 0.717) is 17.1 Å². The van der Waals surface area contributed by atoms with Gasteiger partial charge in [0.1, 0.15) is 30.7 Å². The molecule has 0 unspecified atom stereocenters. The van der Waals surface area contributed by atoms with Gasteiger partial charge in [-0.15, -0.1) is 0 Å². The van der Waals surface area contributed by atoms with E-state index in [-0.39, 0.29) is 17.9 Å². The molecule has 12 heteroatoms. The van der Waals surface area contributed by atoms with E-state index in [4.69, 9.17) is 63.9 Å². The third kappa shape index (κ3) is 8.61. The van der Waals surface area contributed by atoms with Crippen LogP contribution in [0.3, 0.4) is 0 Å². The molecule has 1 aromatic carbocycles. The fraction of sp³-hybridized carbons (Fsp3) is 0.545. The molecular formula is C22H31Cl3N2O7. The second kappa shape index (κ2) is 12.6. The van der Waals surface area contributed by atoms with Crippen molar-refractivity contribution in [1.29, 1.82) is 5.41 Å². The molecule has 34 heavy (non-hydrogen) atoms. The van der Waals surface area contributed by atoms with Gasteiger partial charge in [0, 0.05) is 11.1 Å². The number of aliphatic hydroxyl groups is 1. The summed E-state index contributed by atoms with van der Waals surface area (Å²) in [5.41, 5.74) is -0.00567. The molecule has 3 N–H and O–H groups in total. The van der Waals surface area contributed by atoms with Gasteiger partial charge >= 0.3 is 6.09 Å². The summed E-state index contributed by atoms with van der Waals surface area (Å²) in [6.07, 6.45) is -0.714. The first-order valence-electron chi connectivity index (χ1n) is 10.1. The van der Waals surface area contributed by atoms with E-state index < -0.39 is 40.1 Å². The number of carbonyl (C=O) groups excluding carboxylic acids is 1. The molecule has 0 aliphatic carbocycles. The van der Waals surface area contributed by atoms with Crippen molar-refractivity contribution >= 4 is 46.8 Å². The van der Waals surface area contributed by atoms with Crippen molar-refractivity contribution in [2.75, 3.05) is 27.4 Å². The van der Waals surface area contributed by atoms with Gasteiger partial charge in [0.2, 0.25) is 5.90 Å². The molecule has 0 heterocycles. The van der Waals surface area contributed by atoms with Gasteiger partial charge in [-0.3, -0.25) is 5.41 Å². The molecule has 0 aromatic heterocycles. The first-order valence-corrected chi connectivity index (χ1v) is 11.2. The van der Waals surface area contributed by atoms with Crippen molar-refractivity contribution in [3.63, 3.8) is 0 Å². The molecule has 1 rings (SSSR count). The average molecular weight is 542 g/mol. The van der Waals surface area contributed by atoms with Crippen LogP contribution < -0.4 is 19.5 Å². The largest absolute Gasteiger partial charge is 0.493 e. The van der Waals surface area contributed by atoms with Crippen LogP contribution in [0.25, 0.3) is 0 Å². The van der Waals surface area contributed by atoms with Crippen LogP contribution in [0.1, 0.15) is 38.0 Å². The van der Waals surface area contributed by atoms with Gasteiger partial charge in [-0.25, -0.2) is 4.79 Å². The molecule has 0 saturated heterocycles. The predicted octanol–water partition coefficient (Wildman–Crippen LogP) is 4.87. The maximum atomic E-state index is 12.5. The number of alkyl carbamates (subject to hydrolysis) is 1. The number of nitrogens with one attached hydrogen (secondary N) is 2. The topological polar surface area (TPSA) is 119 Å². The Kier molecular flexibility index (Phi) is 11.1. The van der Waals surface area contributed by atoms with Gasteiger partial charge < -0.3 is 34.1 Å². The van der Waals surface area contributed by atoms with Crippen LogP contribution in [-0.2, 0) is 9.47 Å². The normalized spacial score (nSPS) is 13.4. The molecule has 0 aliphatic rings. The van der Waals surface area contributed by atoms with Crippen molar-refractivity contribution < 1.29 is 33.6 Å². The number of hydrogen-bond donors (Lipinski definition) is 3. The zero-order valence-electron chi connectivity index (χ0n) is 20.0. The number of benzene rings is 1. The summed E-state index contributed by atoms with van der Waals surface area (Å²) in [7, 11) is 2.92. The van der Waals surface area contributed by atoms with Crippen LogP contribution >= 0.6 is 34.8 Å². The molecular weight excluding hydrogens is 511 g/mol. The number of rotatable bonds is 10. The summed E-state index contributed by atoms with van der Waals surface area (Å²) in [5.74, 6) is 0.333. The Morgan fingerprint density at radius 3 is 2.32 bits per heavy atom. The van der Waals surface area contributed by atoms with Gasteiger partial charge in [0.15, 0.2) is 11.5 Å². The van der Waals surface area contributed by atoms with Crippen molar-refractivity contribution in [3.05, 3.63) is 29.8 Å². The molecule has 0 spiro atoms. The lowest BCUT2D eigenvalue weighted by molar-refractivity contribution is 0.0352. The van der Waals surface area contributed by atoms with Crippen LogP contribution in [0.4, 0.5) is 4.79 Å². The lowest BCUT2D eigenvalue weighted by atomic mass is 9.98. The molecule has 0 radical (unpaired) electrons. The molecule has 1 amide bonds. The number of carbonyl (C=O) groups is 1. The fourth-order valence-corrected chi connectivity index (χ4v) is 3.04. The molecule has 1 aromatic rings. The van der Waals surface area contributed by atoms with Crippen LogP contribution in [0.2, 0.25) is 0 Å². The second-order valence-corrected chi connectivity index (χ2v) is 10.4. The van der Waals surface area contributed by atoms with E-state index in [1.807, 2.05) is 0 Å². The number of ether oxygens (including phenoxy) is 5. The van der Waals surface area contributed by atoms with Crippen molar-refractivity contribution in [2.24, 2.45) is 0 Å². The minimum atomic E-state index is -2.13. The smallest absolute Gasteiger partial charge is 0.408 e. The Morgan fingerprint density at radius 2 is 1.85 bits per heavy atom. The third-order valence-electron chi connectivity index (χ3n) is 4.29. The minimum Gasteiger partial charge on any atom is -0.493 e. The number of amides is 1. The van der Waals surface area contributed by atoms with Gasteiger partial charge in [0.25, 0.3) is 3.79 Å². The second-order valence-electron chi connectivity index (χ2n) is 8.09. The molecule has 9 nitrogen and oxygen atoms in total. The Bertz CT molecular complexity index is 883. The highest BCUT2D eigenvalue weighted by atomic mass is 35.6. The van der Waals surface area contributed by atoms with E-state index in [1.54, 1.807) is 27.7 Å². The van der Waals surface area contributed by atoms with Crippen molar-refractivity contribution in [2.45, 2.75) is 49.2 Å². The Labute approximate surface area is 214 Å². The maximum absolute atomic E-state index is 12.5. The predicted molar refractivity (Wildman–Crippen MR) is 132 cm³/mol. The number of alkyl halides is 3. The van der Waals surface area contributed by atoms with Crippen LogP contribution in [0, 0.1) is 12.3 Å². The molecule has 0 aliphatic heterocycles. The summed E-state index contributed by atoms with van der Waals surface area (Å²) >= 11 is 17.0. The number of aliphatic hydroxyl groups excluding tert-OH is 1. The van der Waals surface area contributed by atoms with Gasteiger partial charge in [-0.05, 0) is 33.8 Å². The molecule has 0 saturated carbocycles. The standard InChI is InChI=1S/C22H31Cl3N2O7/c1-8-9-32-17-12(2)18(31-7)15(30-6)10-13(17)16(28)14(11-33-19(26)22(23,24)25)27-20(29)34-21(3,4)5/h8,10,14,16,26,28H,1,9,11H2,2-7H3,(H,27,29)/t14-,16-/m1/s1. The van der Waals surface area contributed by atoms with Gasteiger partial charge in [-0.1, -0.05) is 47.5 Å². The monoisotopic (exact) mass is 540 g/mol. The molecule has 0 bridgehead atoms. The number of methoxy groups -OCH3 is 2. The maximum Gasteiger partial charge on any atom is 0.408 e. The molecule has 2 atom stereocenters. The summed E-state index contributed by atoms with van der Waals surface area (Å²) in [6, 6.07) is 0.366. The summed E-state index contributed by atoms with van der Waals surface area (Å²) < 4.78 is 25.0. The van der Waals surface area contributed by atoms with E-state index in [1.165, 1.54) is 26.4 Å². The minimum absolute atomic E-state index is 0.134. The van der Waals surface area contributed by atoms with Crippen molar-refractivity contribution in [1.82, 2.24) is 5.32 Å². The highest BCUT2D eigenvalue weighted by Crippen LogP contribution is 2.43. The molecule has 192 valence electrons. The van der Waals surface area contributed by atoms with E-state index in [0.717, 1.165) is 0 Å². The quantitative estimate of drug-likeness (QED) is 0.167. The number of halogens is 3. The summed E-state index contributed by atoms with van der Waals surface area (Å²) in [6.45, 7) is 10.1. The van der Waals surface area contributed by atoms with E-state index in [9.17, 15) is 9.90 Å². The highest BCUT2D eigenvalue weighted by molar-refractivity contribution is 6.76. The first kappa shape index (κ1) is 30.0. The molecule has 0 fully saturated rings. The zero-order chi connectivity index (χ0) is 26.3. The lowest BCUT2D eigenvalue weighted by Crippen LogP contribution is -2.45. The van der Waals surface area contributed by atoms with Crippen LogP contribution in [0.5, 0.6) is 17.2 Å². The number of hydrogen-bond acceptors (Lipinski definition) is 8. The Balaban J connectivity index is 3.46. The van der Waals surface area contributed by atoms with E-state index >= 15 is 0 Å². The van der Waals surface area contributed by atoms with Crippen molar-refractivity contribution in [3.8, 4) is 17.2 Å². The van der Waals surface area contributed by atoms with Gasteiger partial charge in [0.05, 0.1) is 20.3 Å². The SMILES string of the molecule is C=CCOc1c([C@@H](O)[C@@H](COC(=N)C(Cl)(Cl)Cl)NC(=O)OC(C)(C)C)cc(OC)c(OC)c1C. The average Bonchev–Trinajstić information content (AvgIpc) is 2.72.